The molecule has 0 amide bonds. The summed E-state index contributed by atoms with van der Waals surface area (Å²) in [6, 6.07) is 3.39. The van der Waals surface area contributed by atoms with Crippen LogP contribution < -0.4 is 0 Å². The van der Waals surface area contributed by atoms with Gasteiger partial charge in [-0.1, -0.05) is 6.42 Å². The van der Waals surface area contributed by atoms with E-state index < -0.39 is 5.97 Å². The van der Waals surface area contributed by atoms with Gasteiger partial charge in [-0.3, -0.25) is 0 Å². The van der Waals surface area contributed by atoms with Crippen molar-refractivity contribution in [2.75, 3.05) is 19.6 Å². The molecule has 0 spiro atoms. The van der Waals surface area contributed by atoms with Crippen LogP contribution in [0.5, 0.6) is 0 Å². The first-order valence-corrected chi connectivity index (χ1v) is 7.16. The number of piperidine rings is 1. The summed E-state index contributed by atoms with van der Waals surface area (Å²) in [6.07, 6.45) is 8.31. The Hall–Kier alpha value is -1.88. The number of imidazole rings is 1. The molecular formula is C15H19N3O2. The number of likely N-dealkylation sites (tertiary alicyclic amines) is 1. The van der Waals surface area contributed by atoms with Crippen LogP contribution in [0.15, 0.2) is 24.5 Å². The number of hydrogen-bond acceptors (Lipinski definition) is 3. The molecule has 1 aliphatic rings. The van der Waals surface area contributed by atoms with Gasteiger partial charge in [-0.15, -0.1) is 0 Å². The predicted molar refractivity (Wildman–Crippen MR) is 76.1 cm³/mol. The van der Waals surface area contributed by atoms with Crippen LogP contribution in [0, 0.1) is 0 Å². The number of rotatable bonds is 4. The van der Waals surface area contributed by atoms with Crippen molar-refractivity contribution >= 4 is 11.5 Å². The Bertz CT molecular complexity index is 615. The van der Waals surface area contributed by atoms with Gasteiger partial charge in [0.1, 0.15) is 5.82 Å². The largest absolute Gasteiger partial charge is 0.478 e. The minimum atomic E-state index is -0.905. The summed E-state index contributed by atoms with van der Waals surface area (Å²) < 4.78 is 1.90. The lowest BCUT2D eigenvalue weighted by molar-refractivity contribution is 0.0698. The molecule has 0 radical (unpaired) electrons. The fraction of sp³-hybridized carbons (Fsp3) is 0.467. The highest BCUT2D eigenvalue weighted by molar-refractivity contribution is 5.95. The number of pyridine rings is 1. The van der Waals surface area contributed by atoms with Gasteiger partial charge >= 0.3 is 5.97 Å². The van der Waals surface area contributed by atoms with E-state index in [1.165, 1.54) is 32.4 Å². The van der Waals surface area contributed by atoms with E-state index in [4.69, 9.17) is 0 Å². The highest BCUT2D eigenvalue weighted by Crippen LogP contribution is 2.14. The topological polar surface area (TPSA) is 57.8 Å². The van der Waals surface area contributed by atoms with Crippen LogP contribution in [-0.4, -0.2) is 45.0 Å². The van der Waals surface area contributed by atoms with Crippen LogP contribution in [0.2, 0.25) is 0 Å². The highest BCUT2D eigenvalue weighted by atomic mass is 16.4. The number of aromatic nitrogens is 2. The van der Waals surface area contributed by atoms with Gasteiger partial charge in [0.25, 0.3) is 0 Å². The smallest absolute Gasteiger partial charge is 0.337 e. The van der Waals surface area contributed by atoms with Gasteiger partial charge < -0.3 is 14.4 Å². The fourth-order valence-corrected chi connectivity index (χ4v) is 2.88. The molecule has 3 rings (SSSR count). The fourth-order valence-electron chi connectivity index (χ4n) is 2.88. The molecule has 106 valence electrons. The zero-order valence-electron chi connectivity index (χ0n) is 11.5. The van der Waals surface area contributed by atoms with E-state index in [1.54, 1.807) is 18.3 Å². The second-order valence-electron chi connectivity index (χ2n) is 5.31. The third-order valence-corrected chi connectivity index (χ3v) is 3.98. The molecule has 2 aromatic rings. The van der Waals surface area contributed by atoms with Crippen molar-refractivity contribution in [3.05, 3.63) is 35.9 Å². The van der Waals surface area contributed by atoms with Crippen molar-refractivity contribution in [1.29, 1.82) is 0 Å². The Labute approximate surface area is 117 Å². The summed E-state index contributed by atoms with van der Waals surface area (Å²) in [6.45, 7) is 3.34. The molecule has 0 atom stereocenters. The number of aromatic carboxylic acids is 1. The number of carboxylic acid groups (broad SMARTS) is 1. The summed E-state index contributed by atoms with van der Waals surface area (Å²) in [5, 5.41) is 9.18. The lowest BCUT2D eigenvalue weighted by Crippen LogP contribution is -2.31. The van der Waals surface area contributed by atoms with Crippen LogP contribution in [0.25, 0.3) is 5.52 Å². The van der Waals surface area contributed by atoms with E-state index in [-0.39, 0.29) is 0 Å². The van der Waals surface area contributed by atoms with Gasteiger partial charge in [0, 0.05) is 19.2 Å². The standard InChI is InChI=1S/C15H19N3O2/c19-15(20)12-5-4-9-18-13(12)11-16-14(18)6-10-17-7-2-1-3-8-17/h4-5,9,11H,1-3,6-8,10H2,(H,19,20). The molecule has 1 fully saturated rings. The van der Waals surface area contributed by atoms with Gasteiger partial charge in [-0.25, -0.2) is 9.78 Å². The number of hydrogen-bond donors (Lipinski definition) is 1. The predicted octanol–water partition coefficient (Wildman–Crippen LogP) is 2.06. The maximum absolute atomic E-state index is 11.2. The highest BCUT2D eigenvalue weighted by Gasteiger charge is 2.14. The minimum absolute atomic E-state index is 0.309. The number of carbonyl (C=O) groups is 1. The molecule has 0 bridgehead atoms. The van der Waals surface area contributed by atoms with E-state index in [1.807, 2.05) is 10.6 Å². The van der Waals surface area contributed by atoms with Crippen molar-refractivity contribution in [2.45, 2.75) is 25.7 Å². The van der Waals surface area contributed by atoms with Crippen LogP contribution in [0.4, 0.5) is 0 Å². The Balaban J connectivity index is 1.78. The monoisotopic (exact) mass is 273 g/mol. The average molecular weight is 273 g/mol. The van der Waals surface area contributed by atoms with Crippen LogP contribution >= 0.6 is 0 Å². The number of carboxylic acids is 1. The average Bonchev–Trinajstić information content (AvgIpc) is 2.89. The Kier molecular flexibility index (Phi) is 3.69. The quantitative estimate of drug-likeness (QED) is 0.926. The van der Waals surface area contributed by atoms with Crippen molar-refractivity contribution in [3.8, 4) is 0 Å². The van der Waals surface area contributed by atoms with Gasteiger partial charge in [-0.05, 0) is 38.1 Å². The van der Waals surface area contributed by atoms with Crippen molar-refractivity contribution in [3.63, 3.8) is 0 Å². The van der Waals surface area contributed by atoms with Crippen LogP contribution in [-0.2, 0) is 6.42 Å². The first kappa shape index (κ1) is 13.1. The summed E-state index contributed by atoms with van der Waals surface area (Å²) in [5.74, 6) is 0.0340. The van der Waals surface area contributed by atoms with E-state index in [0.29, 0.717) is 11.1 Å². The molecule has 0 saturated carbocycles. The summed E-state index contributed by atoms with van der Waals surface area (Å²) in [7, 11) is 0. The minimum Gasteiger partial charge on any atom is -0.478 e. The summed E-state index contributed by atoms with van der Waals surface area (Å²) in [5.41, 5.74) is 0.984. The molecule has 5 nitrogen and oxygen atoms in total. The molecule has 1 N–H and O–H groups in total. The Morgan fingerprint density at radius 2 is 2.10 bits per heavy atom. The number of nitrogens with zero attached hydrogens (tertiary/aromatic N) is 3. The Morgan fingerprint density at radius 3 is 2.85 bits per heavy atom. The van der Waals surface area contributed by atoms with Crippen molar-refractivity contribution in [2.24, 2.45) is 0 Å². The molecule has 3 heterocycles. The molecule has 0 aromatic carbocycles. The van der Waals surface area contributed by atoms with Crippen molar-refractivity contribution in [1.82, 2.24) is 14.3 Å². The van der Waals surface area contributed by atoms with Gasteiger partial charge in [-0.2, -0.15) is 0 Å². The second kappa shape index (κ2) is 5.63. The van der Waals surface area contributed by atoms with Crippen LogP contribution in [0.1, 0.15) is 35.4 Å². The van der Waals surface area contributed by atoms with E-state index >= 15 is 0 Å². The molecule has 2 aromatic heterocycles. The third-order valence-electron chi connectivity index (χ3n) is 3.98. The van der Waals surface area contributed by atoms with Gasteiger partial charge in [0.05, 0.1) is 17.3 Å². The van der Waals surface area contributed by atoms with Gasteiger partial charge in [0.2, 0.25) is 0 Å². The molecular weight excluding hydrogens is 254 g/mol. The molecule has 0 aliphatic carbocycles. The van der Waals surface area contributed by atoms with E-state index in [0.717, 1.165) is 18.8 Å². The third kappa shape index (κ3) is 2.54. The van der Waals surface area contributed by atoms with Crippen LogP contribution in [0.3, 0.4) is 0 Å². The summed E-state index contributed by atoms with van der Waals surface area (Å²) >= 11 is 0. The second-order valence-corrected chi connectivity index (χ2v) is 5.31. The zero-order chi connectivity index (χ0) is 13.9. The lowest BCUT2D eigenvalue weighted by atomic mass is 10.1. The molecule has 1 aliphatic heterocycles. The maximum atomic E-state index is 11.2. The first-order valence-electron chi connectivity index (χ1n) is 7.16. The molecule has 5 heteroatoms. The number of fused-ring (bicyclic) bond motifs is 1. The summed E-state index contributed by atoms with van der Waals surface area (Å²) in [4.78, 5) is 18.0. The SMILES string of the molecule is O=C(O)c1cccn2c(CCN3CCCCC3)ncc12. The zero-order valence-corrected chi connectivity index (χ0v) is 11.5. The maximum Gasteiger partial charge on any atom is 0.337 e. The Morgan fingerprint density at radius 1 is 1.30 bits per heavy atom. The van der Waals surface area contributed by atoms with E-state index in [2.05, 4.69) is 9.88 Å². The van der Waals surface area contributed by atoms with Gasteiger partial charge in [0.15, 0.2) is 0 Å². The van der Waals surface area contributed by atoms with Crippen molar-refractivity contribution < 1.29 is 9.90 Å². The lowest BCUT2D eigenvalue weighted by Gasteiger charge is -2.25. The normalized spacial score (nSPS) is 16.6. The van der Waals surface area contributed by atoms with E-state index in [9.17, 15) is 9.90 Å². The molecule has 0 unspecified atom stereocenters. The molecule has 1 saturated heterocycles. The molecule has 20 heavy (non-hydrogen) atoms. The first-order chi connectivity index (χ1) is 9.75.